The van der Waals surface area contributed by atoms with Gasteiger partial charge in [0.1, 0.15) is 5.82 Å². The van der Waals surface area contributed by atoms with E-state index >= 15 is 0 Å². The molecule has 2 aromatic rings. The van der Waals surface area contributed by atoms with E-state index in [0.29, 0.717) is 23.4 Å². The zero-order chi connectivity index (χ0) is 20.3. The van der Waals surface area contributed by atoms with Gasteiger partial charge in [-0.3, -0.25) is 4.79 Å². The van der Waals surface area contributed by atoms with E-state index in [1.54, 1.807) is 12.1 Å². The van der Waals surface area contributed by atoms with Crippen LogP contribution in [0.2, 0.25) is 5.02 Å². The van der Waals surface area contributed by atoms with Gasteiger partial charge in [-0.1, -0.05) is 36.6 Å². The Bertz CT molecular complexity index is 933. The van der Waals surface area contributed by atoms with E-state index in [9.17, 15) is 17.6 Å². The second-order valence-electron chi connectivity index (χ2n) is 6.99. The topological polar surface area (TPSA) is 80.5 Å². The highest BCUT2D eigenvalue weighted by atomic mass is 35.5. The lowest BCUT2D eigenvalue weighted by atomic mass is 9.84. The van der Waals surface area contributed by atoms with Crippen molar-refractivity contribution in [1.82, 2.24) is 4.31 Å². The summed E-state index contributed by atoms with van der Waals surface area (Å²) in [5.74, 6) is -1.46. The van der Waals surface area contributed by atoms with Crippen molar-refractivity contribution in [3.8, 4) is 0 Å². The van der Waals surface area contributed by atoms with Gasteiger partial charge in [0.05, 0.1) is 10.8 Å². The minimum absolute atomic E-state index is 0.0275. The van der Waals surface area contributed by atoms with Crippen LogP contribution in [-0.2, 0) is 21.4 Å². The number of primary amides is 1. The Hall–Kier alpha value is -1.96. The second-order valence-corrected chi connectivity index (χ2v) is 9.32. The quantitative estimate of drug-likeness (QED) is 0.767. The maximum atomic E-state index is 13.4. The van der Waals surface area contributed by atoms with Gasteiger partial charge < -0.3 is 5.73 Å². The molecule has 1 saturated carbocycles. The smallest absolute Gasteiger partial charge is 0.243 e. The minimum Gasteiger partial charge on any atom is -0.369 e. The molecule has 3 rings (SSSR count). The van der Waals surface area contributed by atoms with Crippen LogP contribution in [0, 0.1) is 11.7 Å². The van der Waals surface area contributed by atoms with Crippen LogP contribution < -0.4 is 5.73 Å². The molecule has 2 unspecified atom stereocenters. The Labute approximate surface area is 169 Å². The van der Waals surface area contributed by atoms with Crippen LogP contribution in [-0.4, -0.2) is 24.7 Å². The van der Waals surface area contributed by atoms with Gasteiger partial charge in [-0.05, 0) is 54.8 Å². The first-order valence-electron chi connectivity index (χ1n) is 9.10. The first kappa shape index (κ1) is 20.8. The van der Waals surface area contributed by atoms with E-state index in [0.717, 1.165) is 12.8 Å². The van der Waals surface area contributed by atoms with Crippen LogP contribution in [0.4, 0.5) is 4.39 Å². The highest BCUT2D eigenvalue weighted by molar-refractivity contribution is 7.89. The number of hydrogen-bond donors (Lipinski definition) is 1. The Morgan fingerprint density at radius 2 is 1.68 bits per heavy atom. The molecule has 1 aliphatic rings. The highest BCUT2D eigenvalue weighted by Crippen LogP contribution is 2.33. The average molecular weight is 425 g/mol. The fourth-order valence-electron chi connectivity index (χ4n) is 3.68. The molecular formula is C20H22ClFN2O3S. The van der Waals surface area contributed by atoms with Crippen molar-refractivity contribution >= 4 is 27.5 Å². The predicted molar refractivity (Wildman–Crippen MR) is 106 cm³/mol. The molecule has 1 fully saturated rings. The Balaban J connectivity index is 2.03. The van der Waals surface area contributed by atoms with E-state index in [1.807, 2.05) is 0 Å². The molecule has 2 atom stereocenters. The van der Waals surface area contributed by atoms with Gasteiger partial charge in [0.15, 0.2) is 0 Å². The maximum Gasteiger partial charge on any atom is 0.243 e. The van der Waals surface area contributed by atoms with Gasteiger partial charge in [-0.15, -0.1) is 0 Å². The molecule has 2 N–H and O–H groups in total. The Kier molecular flexibility index (Phi) is 6.37. The van der Waals surface area contributed by atoms with E-state index in [1.165, 1.54) is 40.7 Å². The van der Waals surface area contributed by atoms with Gasteiger partial charge in [-0.2, -0.15) is 4.31 Å². The molecule has 5 nitrogen and oxygen atoms in total. The van der Waals surface area contributed by atoms with Gasteiger partial charge in [0.25, 0.3) is 0 Å². The third-order valence-corrected chi connectivity index (χ3v) is 7.27. The lowest BCUT2D eigenvalue weighted by molar-refractivity contribution is -0.124. The zero-order valence-electron chi connectivity index (χ0n) is 15.2. The predicted octanol–water partition coefficient (Wildman–Crippen LogP) is 3.71. The van der Waals surface area contributed by atoms with Crippen molar-refractivity contribution in [3.63, 3.8) is 0 Å². The monoisotopic (exact) mass is 424 g/mol. The summed E-state index contributed by atoms with van der Waals surface area (Å²) in [4.78, 5) is 12.1. The summed E-state index contributed by atoms with van der Waals surface area (Å²) in [6, 6.07) is 11.0. The van der Waals surface area contributed by atoms with Crippen molar-refractivity contribution in [2.45, 2.75) is 43.2 Å². The van der Waals surface area contributed by atoms with E-state index < -0.39 is 33.7 Å². The lowest BCUT2D eigenvalue weighted by Crippen LogP contribution is -2.49. The number of carbonyl (C=O) groups excluding carboxylic acids is 1. The van der Waals surface area contributed by atoms with Crippen LogP contribution in [0.25, 0.3) is 0 Å². The standard InChI is InChI=1S/C20H22ClFN2O3S/c21-15-7-11-17(12-8-15)28(26,27)24(13-14-5-9-16(22)10-6-14)19-4-2-1-3-18(19)20(23)25/h5-12,18-19H,1-4,13H2,(H2,23,25). The van der Waals surface area contributed by atoms with Crippen LogP contribution in [0.15, 0.2) is 53.4 Å². The Morgan fingerprint density at radius 1 is 1.07 bits per heavy atom. The van der Waals surface area contributed by atoms with Crippen LogP contribution in [0.3, 0.4) is 0 Å². The highest BCUT2D eigenvalue weighted by Gasteiger charge is 2.40. The van der Waals surface area contributed by atoms with Crippen molar-refractivity contribution in [2.24, 2.45) is 11.7 Å². The number of sulfonamides is 1. The molecule has 0 spiro atoms. The number of benzene rings is 2. The first-order valence-corrected chi connectivity index (χ1v) is 10.9. The molecule has 0 saturated heterocycles. The lowest BCUT2D eigenvalue weighted by Gasteiger charge is -2.38. The van der Waals surface area contributed by atoms with Gasteiger partial charge in [0.2, 0.25) is 15.9 Å². The van der Waals surface area contributed by atoms with E-state index in [-0.39, 0.29) is 11.4 Å². The maximum absolute atomic E-state index is 13.4. The first-order chi connectivity index (χ1) is 13.3. The molecule has 28 heavy (non-hydrogen) atoms. The van der Waals surface area contributed by atoms with E-state index in [4.69, 9.17) is 17.3 Å². The molecule has 0 heterocycles. The third kappa shape index (κ3) is 4.54. The summed E-state index contributed by atoms with van der Waals surface area (Å²) in [7, 11) is -3.92. The number of carbonyl (C=O) groups is 1. The molecule has 1 amide bonds. The molecule has 1 aliphatic carbocycles. The number of nitrogens with two attached hydrogens (primary N) is 1. The third-order valence-electron chi connectivity index (χ3n) is 5.14. The van der Waals surface area contributed by atoms with Crippen molar-refractivity contribution in [2.75, 3.05) is 0 Å². The normalized spacial score (nSPS) is 20.2. The molecule has 0 bridgehead atoms. The SMILES string of the molecule is NC(=O)C1CCCCC1N(Cc1ccc(F)cc1)S(=O)(=O)c1ccc(Cl)cc1. The summed E-state index contributed by atoms with van der Waals surface area (Å²) in [6.45, 7) is 0.0275. The second kappa shape index (κ2) is 8.59. The van der Waals surface area contributed by atoms with Crippen LogP contribution >= 0.6 is 11.6 Å². The van der Waals surface area contributed by atoms with Gasteiger partial charge in [-0.25, -0.2) is 12.8 Å². The number of halogens is 2. The van der Waals surface area contributed by atoms with Crippen LogP contribution in [0.5, 0.6) is 0 Å². The fraction of sp³-hybridized carbons (Fsp3) is 0.350. The molecule has 0 radical (unpaired) electrons. The van der Waals surface area contributed by atoms with Crippen molar-refractivity contribution in [3.05, 3.63) is 64.9 Å². The van der Waals surface area contributed by atoms with Crippen molar-refractivity contribution < 1.29 is 17.6 Å². The molecular weight excluding hydrogens is 403 g/mol. The molecule has 8 heteroatoms. The molecule has 0 aliphatic heterocycles. The summed E-state index contributed by atoms with van der Waals surface area (Å²) in [5, 5.41) is 0.428. The molecule has 150 valence electrons. The number of hydrogen-bond acceptors (Lipinski definition) is 3. The summed E-state index contributed by atoms with van der Waals surface area (Å²) >= 11 is 5.89. The Morgan fingerprint density at radius 3 is 2.29 bits per heavy atom. The summed E-state index contributed by atoms with van der Waals surface area (Å²) < 4.78 is 41.5. The molecule has 2 aromatic carbocycles. The summed E-state index contributed by atoms with van der Waals surface area (Å²) in [5.41, 5.74) is 6.22. The zero-order valence-corrected chi connectivity index (χ0v) is 16.8. The fourth-order valence-corrected chi connectivity index (χ4v) is 5.48. The number of nitrogens with zero attached hydrogens (tertiary/aromatic N) is 1. The largest absolute Gasteiger partial charge is 0.369 e. The van der Waals surface area contributed by atoms with Gasteiger partial charge in [0, 0.05) is 17.6 Å². The summed E-state index contributed by atoms with van der Waals surface area (Å²) in [6.07, 6.45) is 2.73. The molecule has 0 aromatic heterocycles. The van der Waals surface area contributed by atoms with Crippen molar-refractivity contribution in [1.29, 1.82) is 0 Å². The average Bonchev–Trinajstić information content (AvgIpc) is 2.67. The van der Waals surface area contributed by atoms with Crippen LogP contribution in [0.1, 0.15) is 31.2 Å². The van der Waals surface area contributed by atoms with E-state index in [2.05, 4.69) is 0 Å². The minimum atomic E-state index is -3.92. The number of amides is 1. The van der Waals surface area contributed by atoms with Gasteiger partial charge >= 0.3 is 0 Å². The number of rotatable bonds is 6.